The molecule has 5 nitrogen and oxygen atoms in total. The Balaban J connectivity index is 5.11. The van der Waals surface area contributed by atoms with Crippen LogP contribution in [0.2, 0.25) is 0 Å². The summed E-state index contributed by atoms with van der Waals surface area (Å²) in [5, 5.41) is 0. The fourth-order valence-electron chi connectivity index (χ4n) is 1.77. The first kappa shape index (κ1) is 18.7. The van der Waals surface area contributed by atoms with Crippen molar-refractivity contribution in [3.8, 4) is 0 Å². The van der Waals surface area contributed by atoms with Crippen LogP contribution in [-0.2, 0) is 14.3 Å². The van der Waals surface area contributed by atoms with Crippen LogP contribution in [-0.4, -0.2) is 42.3 Å². The number of carbonyl (C=O) groups is 2. The highest BCUT2D eigenvalue weighted by molar-refractivity contribution is 5.81. The maximum Gasteiger partial charge on any atom is 0.410 e. The predicted octanol–water partition coefficient (Wildman–Crippen LogP) is 3.08. The van der Waals surface area contributed by atoms with Crippen molar-refractivity contribution < 1.29 is 19.1 Å². The van der Waals surface area contributed by atoms with E-state index in [1.54, 1.807) is 34.7 Å². The van der Waals surface area contributed by atoms with Crippen LogP contribution in [0.25, 0.3) is 0 Å². The number of likely N-dealkylation sites (N-methyl/N-ethyl adjacent to an activating group) is 1. The van der Waals surface area contributed by atoms with E-state index in [1.165, 1.54) is 4.90 Å². The summed E-state index contributed by atoms with van der Waals surface area (Å²) in [5.74, 6) is -0.164. The van der Waals surface area contributed by atoms with Crippen LogP contribution in [0.4, 0.5) is 4.79 Å². The summed E-state index contributed by atoms with van der Waals surface area (Å²) < 4.78 is 10.4. The molecule has 0 heterocycles. The van der Waals surface area contributed by atoms with E-state index >= 15 is 0 Å². The molecule has 0 unspecified atom stereocenters. The number of rotatable bonds is 5. The minimum absolute atomic E-state index is 0.0217. The van der Waals surface area contributed by atoms with Crippen molar-refractivity contribution in [1.82, 2.24) is 4.90 Å². The Morgan fingerprint density at radius 2 is 1.65 bits per heavy atom. The van der Waals surface area contributed by atoms with Gasteiger partial charge in [-0.25, -0.2) is 9.59 Å². The fourth-order valence-corrected chi connectivity index (χ4v) is 1.77. The zero-order valence-corrected chi connectivity index (χ0v) is 14.0. The minimum atomic E-state index is -0.634. The van der Waals surface area contributed by atoms with Crippen molar-refractivity contribution in [2.24, 2.45) is 11.8 Å². The summed E-state index contributed by atoms with van der Waals surface area (Å²) in [5.41, 5.74) is -0.592. The quantitative estimate of drug-likeness (QED) is 0.729. The molecule has 0 spiro atoms. The van der Waals surface area contributed by atoms with E-state index in [9.17, 15) is 9.59 Å². The van der Waals surface area contributed by atoms with Crippen molar-refractivity contribution in [3.05, 3.63) is 0 Å². The van der Waals surface area contributed by atoms with Gasteiger partial charge in [-0.2, -0.15) is 0 Å². The van der Waals surface area contributed by atoms with Crippen LogP contribution in [0.15, 0.2) is 0 Å². The van der Waals surface area contributed by atoms with Crippen LogP contribution in [0.1, 0.15) is 48.5 Å². The zero-order chi connectivity index (χ0) is 16.1. The predicted molar refractivity (Wildman–Crippen MR) is 78.4 cm³/mol. The lowest BCUT2D eigenvalue weighted by Crippen LogP contribution is -2.50. The molecule has 0 aromatic heterocycles. The molecule has 0 saturated carbocycles. The van der Waals surface area contributed by atoms with Gasteiger partial charge in [0.2, 0.25) is 0 Å². The first-order chi connectivity index (χ1) is 9.01. The van der Waals surface area contributed by atoms with E-state index < -0.39 is 17.7 Å². The Morgan fingerprint density at radius 3 is 2.00 bits per heavy atom. The van der Waals surface area contributed by atoms with E-state index in [2.05, 4.69) is 0 Å². The number of hydrogen-bond donors (Lipinski definition) is 0. The third-order valence-corrected chi connectivity index (χ3v) is 3.18. The molecule has 20 heavy (non-hydrogen) atoms. The molecule has 0 aliphatic carbocycles. The normalized spacial score (nSPS) is 14.7. The number of esters is 1. The van der Waals surface area contributed by atoms with Gasteiger partial charge in [-0.15, -0.1) is 0 Å². The summed E-state index contributed by atoms with van der Waals surface area (Å²) in [4.78, 5) is 25.6. The number of carbonyl (C=O) groups excluding carboxylic acids is 2. The van der Waals surface area contributed by atoms with Gasteiger partial charge < -0.3 is 9.47 Å². The number of ether oxygens (including phenoxy) is 2. The Labute approximate surface area is 122 Å². The molecular formula is C15H29NO4. The smallest absolute Gasteiger partial charge is 0.410 e. The highest BCUT2D eigenvalue weighted by Gasteiger charge is 2.36. The lowest BCUT2D eigenvalue weighted by atomic mass is 9.89. The van der Waals surface area contributed by atoms with E-state index in [1.807, 2.05) is 20.8 Å². The molecule has 0 rings (SSSR count). The maximum absolute atomic E-state index is 12.1. The van der Waals surface area contributed by atoms with Crippen molar-refractivity contribution in [1.29, 1.82) is 0 Å². The molecule has 5 heteroatoms. The van der Waals surface area contributed by atoms with Gasteiger partial charge >= 0.3 is 12.1 Å². The lowest BCUT2D eigenvalue weighted by molar-refractivity contribution is -0.151. The molecule has 0 aliphatic heterocycles. The summed E-state index contributed by atoms with van der Waals surface area (Å²) in [6.07, 6.45) is -0.511. The highest BCUT2D eigenvalue weighted by Crippen LogP contribution is 2.22. The topological polar surface area (TPSA) is 55.8 Å². The van der Waals surface area contributed by atoms with E-state index in [-0.39, 0.29) is 17.8 Å². The van der Waals surface area contributed by atoms with Gasteiger partial charge in [0.15, 0.2) is 0 Å². The SMILES string of the molecule is CCOC(=O)[C@H]([C@@H](C)C(C)C)N(C)C(=O)OC(C)(C)C. The average Bonchev–Trinajstić information content (AvgIpc) is 2.26. The van der Waals surface area contributed by atoms with Crippen molar-refractivity contribution >= 4 is 12.1 Å². The van der Waals surface area contributed by atoms with Gasteiger partial charge in [0, 0.05) is 7.05 Å². The van der Waals surface area contributed by atoms with Crippen LogP contribution < -0.4 is 0 Å². The van der Waals surface area contributed by atoms with Crippen molar-refractivity contribution in [3.63, 3.8) is 0 Å². The molecule has 0 N–H and O–H groups in total. The summed E-state index contributed by atoms with van der Waals surface area (Å²) >= 11 is 0. The van der Waals surface area contributed by atoms with Crippen LogP contribution in [0.3, 0.4) is 0 Å². The van der Waals surface area contributed by atoms with E-state index in [4.69, 9.17) is 9.47 Å². The van der Waals surface area contributed by atoms with Gasteiger partial charge in [-0.1, -0.05) is 20.8 Å². The minimum Gasteiger partial charge on any atom is -0.464 e. The summed E-state index contributed by atoms with van der Waals surface area (Å²) in [6, 6.07) is -0.634. The maximum atomic E-state index is 12.1. The van der Waals surface area contributed by atoms with Crippen LogP contribution >= 0.6 is 0 Å². The number of amides is 1. The molecule has 0 aromatic rings. The summed E-state index contributed by atoms with van der Waals surface area (Å²) in [6.45, 7) is 13.4. The Hall–Kier alpha value is -1.26. The monoisotopic (exact) mass is 287 g/mol. The molecule has 1 amide bonds. The van der Waals surface area contributed by atoms with Gasteiger partial charge in [-0.3, -0.25) is 4.90 Å². The van der Waals surface area contributed by atoms with Crippen LogP contribution in [0.5, 0.6) is 0 Å². The van der Waals surface area contributed by atoms with E-state index in [0.29, 0.717) is 6.61 Å². The second-order valence-electron chi connectivity index (χ2n) is 6.39. The fraction of sp³-hybridized carbons (Fsp3) is 0.867. The van der Waals surface area contributed by atoms with Crippen molar-refractivity contribution in [2.75, 3.05) is 13.7 Å². The molecule has 0 saturated heterocycles. The average molecular weight is 287 g/mol. The largest absolute Gasteiger partial charge is 0.464 e. The second kappa shape index (κ2) is 7.50. The molecule has 0 fully saturated rings. The third kappa shape index (κ3) is 5.80. The molecular weight excluding hydrogens is 258 g/mol. The molecule has 0 bridgehead atoms. The first-order valence-electron chi connectivity index (χ1n) is 7.13. The molecule has 2 atom stereocenters. The number of hydrogen-bond acceptors (Lipinski definition) is 4. The molecule has 0 aliphatic rings. The van der Waals surface area contributed by atoms with Crippen molar-refractivity contribution in [2.45, 2.75) is 60.1 Å². The van der Waals surface area contributed by atoms with Gasteiger partial charge in [0.05, 0.1) is 6.61 Å². The highest BCUT2D eigenvalue weighted by atomic mass is 16.6. The Morgan fingerprint density at radius 1 is 1.15 bits per heavy atom. The van der Waals surface area contributed by atoms with Gasteiger partial charge in [0.25, 0.3) is 0 Å². The lowest BCUT2D eigenvalue weighted by Gasteiger charge is -2.34. The zero-order valence-electron chi connectivity index (χ0n) is 14.0. The number of nitrogens with zero attached hydrogens (tertiary/aromatic N) is 1. The first-order valence-corrected chi connectivity index (χ1v) is 7.13. The molecule has 0 aromatic carbocycles. The summed E-state index contributed by atoms with van der Waals surface area (Å²) in [7, 11) is 1.58. The standard InChI is InChI=1S/C15H29NO4/c1-9-19-13(17)12(11(4)10(2)3)16(8)14(18)20-15(5,6)7/h10-12H,9H2,1-8H3/t11-,12-/m0/s1. The molecule has 0 radical (unpaired) electrons. The second-order valence-corrected chi connectivity index (χ2v) is 6.39. The van der Waals surface area contributed by atoms with E-state index in [0.717, 1.165) is 0 Å². The van der Waals surface area contributed by atoms with Crippen LogP contribution in [0, 0.1) is 11.8 Å². The van der Waals surface area contributed by atoms with Gasteiger partial charge in [-0.05, 0) is 39.5 Å². The third-order valence-electron chi connectivity index (χ3n) is 3.18. The Kier molecular flexibility index (Phi) is 7.03. The van der Waals surface area contributed by atoms with Gasteiger partial charge in [0.1, 0.15) is 11.6 Å². The Bertz CT molecular complexity index is 333. The molecule has 118 valence electrons.